The van der Waals surface area contributed by atoms with E-state index in [0.29, 0.717) is 19.4 Å². The van der Waals surface area contributed by atoms with Crippen molar-refractivity contribution in [1.29, 1.82) is 0 Å². The van der Waals surface area contributed by atoms with Crippen molar-refractivity contribution < 1.29 is 17.9 Å². The quantitative estimate of drug-likeness (QED) is 0.845. The molecule has 1 fully saturated rings. The minimum absolute atomic E-state index is 0.0906. The van der Waals surface area contributed by atoms with Crippen molar-refractivity contribution in [2.75, 3.05) is 18.1 Å². The van der Waals surface area contributed by atoms with Crippen LogP contribution in [0.1, 0.15) is 24.8 Å². The number of amides is 1. The third-order valence-electron chi connectivity index (χ3n) is 3.91. The van der Waals surface area contributed by atoms with Crippen LogP contribution < -0.4 is 10.2 Å². The van der Waals surface area contributed by atoms with Gasteiger partial charge in [0.1, 0.15) is 5.75 Å². The first-order valence-corrected chi connectivity index (χ1v) is 9.14. The van der Waals surface area contributed by atoms with Crippen LogP contribution in [0.15, 0.2) is 29.4 Å². The van der Waals surface area contributed by atoms with Gasteiger partial charge in [0.05, 0.1) is 23.8 Å². The number of benzene rings is 1. The van der Waals surface area contributed by atoms with Crippen LogP contribution in [0.3, 0.4) is 0 Å². The van der Waals surface area contributed by atoms with E-state index in [-0.39, 0.29) is 29.8 Å². The van der Waals surface area contributed by atoms with Crippen molar-refractivity contribution >= 4 is 21.5 Å². The van der Waals surface area contributed by atoms with Crippen LogP contribution in [-0.2, 0) is 14.6 Å². The maximum atomic E-state index is 11.9. The summed E-state index contributed by atoms with van der Waals surface area (Å²) in [4.78, 5) is 11.9. The third-order valence-corrected chi connectivity index (χ3v) is 5.75. The fourth-order valence-electron chi connectivity index (χ4n) is 2.81. The molecule has 118 valence electrons. The molecule has 1 amide bonds. The second kappa shape index (κ2) is 6.08. The monoisotopic (exact) mass is 322 g/mol. The molecule has 0 bridgehead atoms. The average molecular weight is 322 g/mol. The topological polar surface area (TPSA) is 84.8 Å². The van der Waals surface area contributed by atoms with Crippen LogP contribution in [0.2, 0.25) is 0 Å². The number of para-hydroxylation sites is 1. The van der Waals surface area contributed by atoms with E-state index < -0.39 is 9.84 Å². The lowest BCUT2D eigenvalue weighted by Crippen LogP contribution is -2.25. The molecule has 0 aromatic heterocycles. The Bertz CT molecular complexity index is 712. The number of hydrogen-bond donors (Lipinski definition) is 1. The highest BCUT2D eigenvalue weighted by molar-refractivity contribution is 7.91. The van der Waals surface area contributed by atoms with Crippen molar-refractivity contribution in [2.45, 2.75) is 19.3 Å². The van der Waals surface area contributed by atoms with Crippen molar-refractivity contribution in [2.24, 2.45) is 11.0 Å². The molecule has 1 aromatic rings. The molecule has 0 radical (unpaired) electrons. The predicted octanol–water partition coefficient (Wildman–Crippen LogP) is 1.11. The van der Waals surface area contributed by atoms with Gasteiger partial charge in [-0.1, -0.05) is 12.1 Å². The van der Waals surface area contributed by atoms with Crippen molar-refractivity contribution in [3.63, 3.8) is 0 Å². The fraction of sp³-hybridized carbons (Fsp3) is 0.467. The van der Waals surface area contributed by atoms with Gasteiger partial charge < -0.3 is 4.74 Å². The standard InChI is InChI=1S/C15H18N2O4S/c18-15(9-11-6-8-22(19,20)10-11)17-16-13-5-7-21-14-4-2-1-3-12(13)14/h1-4,11H,5-10H2,(H,17,18)/b16-13-/t11-/m0/s1. The van der Waals surface area contributed by atoms with Gasteiger partial charge in [0.15, 0.2) is 9.84 Å². The number of fused-ring (bicyclic) bond motifs is 1. The van der Waals surface area contributed by atoms with E-state index in [4.69, 9.17) is 4.74 Å². The summed E-state index contributed by atoms with van der Waals surface area (Å²) in [7, 11) is -2.95. The Balaban J connectivity index is 1.61. The Labute approximate surface area is 129 Å². The van der Waals surface area contributed by atoms with Crippen LogP contribution in [0.4, 0.5) is 0 Å². The van der Waals surface area contributed by atoms with E-state index in [1.54, 1.807) is 0 Å². The summed E-state index contributed by atoms with van der Waals surface area (Å²) < 4.78 is 28.3. The third kappa shape index (κ3) is 3.47. The van der Waals surface area contributed by atoms with Crippen molar-refractivity contribution in [1.82, 2.24) is 5.43 Å². The molecule has 1 aromatic carbocycles. The Morgan fingerprint density at radius 1 is 1.36 bits per heavy atom. The fourth-order valence-corrected chi connectivity index (χ4v) is 4.67. The SMILES string of the molecule is O=C(C[C@@H]1CCS(=O)(=O)C1)N/N=C1/CCOc2ccccc21. The molecule has 2 aliphatic heterocycles. The van der Waals surface area contributed by atoms with Gasteiger partial charge in [0, 0.05) is 18.4 Å². The summed E-state index contributed by atoms with van der Waals surface area (Å²) in [5.74, 6) is 0.729. The van der Waals surface area contributed by atoms with Crippen LogP contribution >= 0.6 is 0 Å². The van der Waals surface area contributed by atoms with Crippen LogP contribution in [-0.4, -0.2) is 38.1 Å². The van der Waals surface area contributed by atoms with Crippen LogP contribution in [0.25, 0.3) is 0 Å². The number of carbonyl (C=O) groups excluding carboxylic acids is 1. The zero-order valence-corrected chi connectivity index (χ0v) is 12.9. The van der Waals surface area contributed by atoms with Crippen LogP contribution in [0.5, 0.6) is 5.75 Å². The maximum absolute atomic E-state index is 11.9. The second-order valence-corrected chi connectivity index (χ2v) is 7.89. The number of nitrogens with zero attached hydrogens (tertiary/aromatic N) is 1. The van der Waals surface area contributed by atoms with Gasteiger partial charge in [-0.3, -0.25) is 4.79 Å². The van der Waals surface area contributed by atoms with E-state index in [2.05, 4.69) is 10.5 Å². The first-order valence-electron chi connectivity index (χ1n) is 7.31. The molecule has 3 rings (SSSR count). The highest BCUT2D eigenvalue weighted by atomic mass is 32.2. The molecule has 0 saturated carbocycles. The molecule has 22 heavy (non-hydrogen) atoms. The lowest BCUT2D eigenvalue weighted by atomic mass is 10.0. The zero-order chi connectivity index (χ0) is 15.6. The molecule has 1 saturated heterocycles. The summed E-state index contributed by atoms with van der Waals surface area (Å²) in [5.41, 5.74) is 4.22. The zero-order valence-electron chi connectivity index (χ0n) is 12.1. The summed E-state index contributed by atoms with van der Waals surface area (Å²) in [6.07, 6.45) is 1.40. The van der Waals surface area contributed by atoms with Gasteiger partial charge in [0.2, 0.25) is 5.91 Å². The largest absolute Gasteiger partial charge is 0.492 e. The molecule has 6 nitrogen and oxygen atoms in total. The lowest BCUT2D eigenvalue weighted by Gasteiger charge is -2.18. The molecule has 0 aliphatic carbocycles. The summed E-state index contributed by atoms with van der Waals surface area (Å²) in [5, 5.41) is 4.19. The van der Waals surface area contributed by atoms with E-state index in [1.807, 2.05) is 24.3 Å². The smallest absolute Gasteiger partial charge is 0.240 e. The molecule has 2 aliphatic rings. The maximum Gasteiger partial charge on any atom is 0.240 e. The van der Waals surface area contributed by atoms with Gasteiger partial charge in [-0.15, -0.1) is 0 Å². The van der Waals surface area contributed by atoms with E-state index in [0.717, 1.165) is 17.0 Å². The normalized spacial score (nSPS) is 24.5. The second-order valence-electron chi connectivity index (χ2n) is 5.66. The van der Waals surface area contributed by atoms with Crippen molar-refractivity contribution in [3.8, 4) is 5.75 Å². The Kier molecular flexibility index (Phi) is 4.15. The molecule has 0 spiro atoms. The van der Waals surface area contributed by atoms with Gasteiger partial charge in [-0.2, -0.15) is 5.10 Å². The van der Waals surface area contributed by atoms with E-state index >= 15 is 0 Å². The average Bonchev–Trinajstić information content (AvgIpc) is 2.84. The predicted molar refractivity (Wildman–Crippen MR) is 82.6 cm³/mol. The van der Waals surface area contributed by atoms with Gasteiger partial charge >= 0.3 is 0 Å². The number of sulfone groups is 1. The van der Waals surface area contributed by atoms with Crippen molar-refractivity contribution in [3.05, 3.63) is 29.8 Å². The number of rotatable bonds is 3. The van der Waals surface area contributed by atoms with Gasteiger partial charge in [0.25, 0.3) is 0 Å². The molecular formula is C15H18N2O4S. The highest BCUT2D eigenvalue weighted by Gasteiger charge is 2.29. The van der Waals surface area contributed by atoms with Crippen LogP contribution in [0, 0.1) is 5.92 Å². The summed E-state index contributed by atoms with van der Waals surface area (Å²) in [6, 6.07) is 7.56. The summed E-state index contributed by atoms with van der Waals surface area (Å²) >= 11 is 0. The highest BCUT2D eigenvalue weighted by Crippen LogP contribution is 2.24. The lowest BCUT2D eigenvalue weighted by molar-refractivity contribution is -0.121. The van der Waals surface area contributed by atoms with Gasteiger partial charge in [-0.05, 0) is 24.5 Å². The Morgan fingerprint density at radius 2 is 2.18 bits per heavy atom. The molecule has 1 atom stereocenters. The molecule has 2 heterocycles. The minimum atomic E-state index is -2.95. The first-order chi connectivity index (χ1) is 10.5. The molecular weight excluding hydrogens is 304 g/mol. The summed E-state index contributed by atoms with van der Waals surface area (Å²) in [6.45, 7) is 0.534. The minimum Gasteiger partial charge on any atom is -0.492 e. The molecule has 7 heteroatoms. The van der Waals surface area contributed by atoms with E-state index in [9.17, 15) is 13.2 Å². The number of hydrazone groups is 1. The number of ether oxygens (including phenoxy) is 1. The first kappa shape index (κ1) is 15.0. The molecule has 1 N–H and O–H groups in total. The Hall–Kier alpha value is -1.89. The number of carbonyl (C=O) groups is 1. The van der Waals surface area contributed by atoms with Gasteiger partial charge in [-0.25, -0.2) is 13.8 Å². The number of hydrogen-bond acceptors (Lipinski definition) is 5. The Morgan fingerprint density at radius 3 is 2.95 bits per heavy atom. The van der Waals surface area contributed by atoms with E-state index in [1.165, 1.54) is 0 Å². The molecule has 0 unspecified atom stereocenters. The number of nitrogens with one attached hydrogen (secondary N) is 1.